The van der Waals surface area contributed by atoms with Gasteiger partial charge in [0.2, 0.25) is 0 Å². The van der Waals surface area contributed by atoms with Crippen LogP contribution in [0.1, 0.15) is 23.6 Å². The molecule has 0 amide bonds. The van der Waals surface area contributed by atoms with Gasteiger partial charge in [0.15, 0.2) is 0 Å². The van der Waals surface area contributed by atoms with Crippen LogP contribution in [0.5, 0.6) is 0 Å². The highest BCUT2D eigenvalue weighted by atomic mass is 19.3. The van der Waals surface area contributed by atoms with Crippen LogP contribution < -0.4 is 5.73 Å². The number of rotatable bonds is 3. The minimum atomic E-state index is -2.46. The Bertz CT molecular complexity index is 261. The molecule has 0 aliphatic carbocycles. The van der Waals surface area contributed by atoms with Crippen LogP contribution in [0.25, 0.3) is 0 Å². The average molecular weight is 187 g/mol. The van der Waals surface area contributed by atoms with E-state index in [4.69, 9.17) is 10.8 Å². The van der Waals surface area contributed by atoms with E-state index in [-0.39, 0.29) is 12.2 Å². The van der Waals surface area contributed by atoms with Gasteiger partial charge in [-0.15, -0.1) is 0 Å². The van der Waals surface area contributed by atoms with Crippen LogP contribution in [-0.2, 0) is 0 Å². The van der Waals surface area contributed by atoms with E-state index >= 15 is 0 Å². The lowest BCUT2D eigenvalue weighted by atomic mass is 10.1. The topological polar surface area (TPSA) is 46.2 Å². The van der Waals surface area contributed by atoms with E-state index in [0.29, 0.717) is 5.56 Å². The molecule has 0 aliphatic rings. The summed E-state index contributed by atoms with van der Waals surface area (Å²) < 4.78 is 24.2. The van der Waals surface area contributed by atoms with E-state index in [0.717, 1.165) is 0 Å². The molecule has 1 atom stereocenters. The van der Waals surface area contributed by atoms with Crippen molar-refractivity contribution in [1.82, 2.24) is 0 Å². The normalized spacial score (nSPS) is 13.3. The fourth-order valence-electron chi connectivity index (χ4n) is 0.994. The molecule has 0 saturated carbocycles. The quantitative estimate of drug-likeness (QED) is 0.755. The summed E-state index contributed by atoms with van der Waals surface area (Å²) in [4.78, 5) is 0. The van der Waals surface area contributed by atoms with Gasteiger partial charge in [-0.1, -0.05) is 24.3 Å². The van der Waals surface area contributed by atoms with Gasteiger partial charge in [-0.05, 0) is 5.56 Å². The molecule has 0 heterocycles. The van der Waals surface area contributed by atoms with Gasteiger partial charge in [-0.2, -0.15) is 0 Å². The summed E-state index contributed by atoms with van der Waals surface area (Å²) in [5.74, 6) is 0. The number of alkyl halides is 2. The third kappa shape index (κ3) is 2.47. The van der Waals surface area contributed by atoms with Crippen molar-refractivity contribution in [3.8, 4) is 0 Å². The Morgan fingerprint density at radius 1 is 1.15 bits per heavy atom. The number of hydrogen-bond donors (Lipinski definition) is 2. The monoisotopic (exact) mass is 187 g/mol. The summed E-state index contributed by atoms with van der Waals surface area (Å²) in [7, 11) is 0. The van der Waals surface area contributed by atoms with Crippen molar-refractivity contribution in [2.24, 2.45) is 5.73 Å². The molecule has 0 saturated heterocycles. The predicted octanol–water partition coefficient (Wildman–Crippen LogP) is 1.62. The zero-order chi connectivity index (χ0) is 9.84. The third-order valence-electron chi connectivity index (χ3n) is 1.81. The summed E-state index contributed by atoms with van der Waals surface area (Å²) in [5, 5.41) is 8.69. The molecule has 1 aromatic carbocycles. The minimum absolute atomic E-state index is 0.0334. The minimum Gasteiger partial charge on any atom is -0.394 e. The van der Waals surface area contributed by atoms with E-state index in [1.807, 2.05) is 0 Å². The Kier molecular flexibility index (Phi) is 3.33. The summed E-state index contributed by atoms with van der Waals surface area (Å²) in [6.07, 6.45) is -2.46. The largest absolute Gasteiger partial charge is 0.394 e. The maximum atomic E-state index is 12.1. The summed E-state index contributed by atoms with van der Waals surface area (Å²) in [6, 6.07) is 5.14. The van der Waals surface area contributed by atoms with Gasteiger partial charge >= 0.3 is 0 Å². The van der Waals surface area contributed by atoms with Crippen LogP contribution in [-0.4, -0.2) is 11.7 Å². The molecular formula is C9H11F2NO. The van der Waals surface area contributed by atoms with Crippen LogP contribution in [0.15, 0.2) is 24.3 Å². The number of nitrogens with two attached hydrogens (primary N) is 1. The van der Waals surface area contributed by atoms with E-state index in [9.17, 15) is 8.78 Å². The zero-order valence-electron chi connectivity index (χ0n) is 6.95. The molecule has 1 unspecified atom stereocenters. The number of benzene rings is 1. The highest BCUT2D eigenvalue weighted by molar-refractivity contribution is 5.25. The third-order valence-corrected chi connectivity index (χ3v) is 1.81. The first-order valence-electron chi connectivity index (χ1n) is 3.89. The molecule has 4 heteroatoms. The van der Waals surface area contributed by atoms with Crippen molar-refractivity contribution in [3.05, 3.63) is 35.4 Å². The van der Waals surface area contributed by atoms with Crippen LogP contribution in [0.2, 0.25) is 0 Å². The van der Waals surface area contributed by atoms with Gasteiger partial charge in [0, 0.05) is 5.56 Å². The Morgan fingerprint density at radius 3 is 2.00 bits per heavy atom. The molecule has 0 aliphatic heterocycles. The molecule has 0 fully saturated rings. The number of halogens is 2. The number of aliphatic hydroxyl groups is 1. The van der Waals surface area contributed by atoms with Crippen LogP contribution in [0.3, 0.4) is 0 Å². The summed E-state index contributed by atoms with van der Waals surface area (Å²) in [6.45, 7) is -0.186. The van der Waals surface area contributed by atoms with Gasteiger partial charge < -0.3 is 10.8 Å². The molecule has 3 N–H and O–H groups in total. The standard InChI is InChI=1S/C9H11F2NO/c10-9(11)7-3-1-6(2-4-7)8(12)5-13/h1-4,8-9,13H,5,12H2. The predicted molar refractivity (Wildman–Crippen MR) is 45.4 cm³/mol. The lowest BCUT2D eigenvalue weighted by Gasteiger charge is -2.08. The average Bonchev–Trinajstić information content (AvgIpc) is 2.17. The molecule has 2 nitrogen and oxygen atoms in total. The van der Waals surface area contributed by atoms with Crippen molar-refractivity contribution < 1.29 is 13.9 Å². The van der Waals surface area contributed by atoms with Crippen molar-refractivity contribution in [1.29, 1.82) is 0 Å². The fourth-order valence-corrected chi connectivity index (χ4v) is 0.994. The molecule has 1 aromatic rings. The lowest BCUT2D eigenvalue weighted by molar-refractivity contribution is 0.151. The second-order valence-electron chi connectivity index (χ2n) is 2.76. The fraction of sp³-hybridized carbons (Fsp3) is 0.333. The van der Waals surface area contributed by atoms with Crippen LogP contribution in [0, 0.1) is 0 Å². The van der Waals surface area contributed by atoms with Crippen molar-refractivity contribution >= 4 is 0 Å². The SMILES string of the molecule is NC(CO)c1ccc(C(F)F)cc1. The summed E-state index contributed by atoms with van der Waals surface area (Å²) >= 11 is 0. The van der Waals surface area contributed by atoms with Gasteiger partial charge in [-0.3, -0.25) is 0 Å². The van der Waals surface area contributed by atoms with Gasteiger partial charge in [-0.25, -0.2) is 8.78 Å². The summed E-state index contributed by atoms with van der Waals surface area (Å²) in [5.41, 5.74) is 6.11. The second kappa shape index (κ2) is 4.30. The van der Waals surface area contributed by atoms with E-state index < -0.39 is 12.5 Å². The molecule has 0 radical (unpaired) electrons. The molecule has 72 valence electrons. The number of aliphatic hydroxyl groups excluding tert-OH is 1. The van der Waals surface area contributed by atoms with Crippen molar-refractivity contribution in [2.45, 2.75) is 12.5 Å². The first-order chi connectivity index (χ1) is 6.15. The van der Waals surface area contributed by atoms with Gasteiger partial charge in [0.1, 0.15) is 0 Å². The highest BCUT2D eigenvalue weighted by Crippen LogP contribution is 2.20. The molecule has 0 spiro atoms. The molecule has 0 aromatic heterocycles. The smallest absolute Gasteiger partial charge is 0.263 e. The first kappa shape index (κ1) is 10.1. The Hall–Kier alpha value is -1.00. The number of hydrogen-bond acceptors (Lipinski definition) is 2. The van der Waals surface area contributed by atoms with Crippen LogP contribution in [0.4, 0.5) is 8.78 Å². The maximum Gasteiger partial charge on any atom is 0.263 e. The molecule has 13 heavy (non-hydrogen) atoms. The van der Waals surface area contributed by atoms with E-state index in [2.05, 4.69) is 0 Å². The Morgan fingerprint density at radius 2 is 1.62 bits per heavy atom. The zero-order valence-corrected chi connectivity index (χ0v) is 6.95. The van der Waals surface area contributed by atoms with Crippen LogP contribution >= 0.6 is 0 Å². The van der Waals surface area contributed by atoms with E-state index in [1.165, 1.54) is 24.3 Å². The molecule has 0 bridgehead atoms. The first-order valence-corrected chi connectivity index (χ1v) is 3.89. The maximum absolute atomic E-state index is 12.1. The Labute approximate surface area is 75.0 Å². The van der Waals surface area contributed by atoms with Gasteiger partial charge in [0.25, 0.3) is 6.43 Å². The highest BCUT2D eigenvalue weighted by Gasteiger charge is 2.08. The molecular weight excluding hydrogens is 176 g/mol. The van der Waals surface area contributed by atoms with E-state index in [1.54, 1.807) is 0 Å². The lowest BCUT2D eigenvalue weighted by Crippen LogP contribution is -2.14. The van der Waals surface area contributed by atoms with Crippen molar-refractivity contribution in [3.63, 3.8) is 0 Å². The Balaban J connectivity index is 2.81. The van der Waals surface area contributed by atoms with Gasteiger partial charge in [0.05, 0.1) is 12.6 Å². The van der Waals surface area contributed by atoms with Crippen molar-refractivity contribution in [2.75, 3.05) is 6.61 Å². The second-order valence-corrected chi connectivity index (χ2v) is 2.76. The molecule has 1 rings (SSSR count).